The van der Waals surface area contributed by atoms with E-state index in [4.69, 9.17) is 9.47 Å². The van der Waals surface area contributed by atoms with E-state index < -0.39 is 0 Å². The molecule has 124 valence electrons. The second kappa shape index (κ2) is 9.01. The van der Waals surface area contributed by atoms with Crippen molar-refractivity contribution in [2.75, 3.05) is 44.9 Å². The molecule has 2 rings (SSSR count). The van der Waals surface area contributed by atoms with E-state index in [1.807, 2.05) is 6.92 Å². The lowest BCUT2D eigenvalue weighted by Crippen LogP contribution is -2.33. The fourth-order valence-corrected chi connectivity index (χ4v) is 2.86. The molecule has 1 saturated heterocycles. The van der Waals surface area contributed by atoms with Gasteiger partial charge in [-0.05, 0) is 43.4 Å². The average Bonchev–Trinajstić information content (AvgIpc) is 2.53. The van der Waals surface area contributed by atoms with E-state index in [0.29, 0.717) is 6.61 Å². The zero-order chi connectivity index (χ0) is 15.8. The molecule has 1 N–H and O–H groups in total. The molecule has 0 aromatic heterocycles. The Morgan fingerprint density at radius 1 is 1.27 bits per heavy atom. The maximum atomic E-state index is 5.89. The number of nitrogens with one attached hydrogen (secondary N) is 1. The summed E-state index contributed by atoms with van der Waals surface area (Å²) in [7, 11) is 1.73. The zero-order valence-corrected chi connectivity index (χ0v) is 14.2. The quantitative estimate of drug-likeness (QED) is 0.749. The minimum Gasteiger partial charge on any atom is -0.492 e. The van der Waals surface area contributed by atoms with Crippen molar-refractivity contribution >= 4 is 5.69 Å². The lowest BCUT2D eigenvalue weighted by molar-refractivity contribution is 0.199. The minimum absolute atomic E-state index is 0.706. The molecule has 0 saturated carbocycles. The Hall–Kier alpha value is -1.26. The Bertz CT molecular complexity index is 443. The Morgan fingerprint density at radius 3 is 2.73 bits per heavy atom. The van der Waals surface area contributed by atoms with Crippen LogP contribution in [0.25, 0.3) is 0 Å². The molecule has 0 amide bonds. The highest BCUT2D eigenvalue weighted by Gasteiger charge is 2.19. The van der Waals surface area contributed by atoms with Gasteiger partial charge in [0.2, 0.25) is 0 Å². The SMILES string of the molecule is CCOc1cc(CNCCOC)ccc1N1CCC(C)CC1. The number of methoxy groups -OCH3 is 1. The summed E-state index contributed by atoms with van der Waals surface area (Å²) in [4.78, 5) is 2.47. The van der Waals surface area contributed by atoms with E-state index in [0.717, 1.165) is 44.5 Å². The van der Waals surface area contributed by atoms with Gasteiger partial charge in [-0.1, -0.05) is 13.0 Å². The monoisotopic (exact) mass is 306 g/mol. The maximum absolute atomic E-state index is 5.89. The Labute approximate surface area is 134 Å². The average molecular weight is 306 g/mol. The first-order valence-corrected chi connectivity index (χ1v) is 8.45. The first-order valence-electron chi connectivity index (χ1n) is 8.45. The predicted octanol–water partition coefficient (Wildman–Crippen LogP) is 3.06. The molecule has 1 aromatic rings. The van der Waals surface area contributed by atoms with Crippen LogP contribution in [-0.4, -0.2) is 40.0 Å². The fraction of sp³-hybridized carbons (Fsp3) is 0.667. The summed E-state index contributed by atoms with van der Waals surface area (Å²) in [5.41, 5.74) is 2.50. The summed E-state index contributed by atoms with van der Waals surface area (Å²) in [6.45, 7) is 9.81. The largest absolute Gasteiger partial charge is 0.492 e. The van der Waals surface area contributed by atoms with Crippen molar-refractivity contribution in [3.05, 3.63) is 23.8 Å². The highest BCUT2D eigenvalue weighted by molar-refractivity contribution is 5.60. The second-order valence-corrected chi connectivity index (χ2v) is 6.07. The first kappa shape index (κ1) is 17.1. The molecule has 0 radical (unpaired) electrons. The van der Waals surface area contributed by atoms with Crippen LogP contribution in [0.5, 0.6) is 5.75 Å². The number of nitrogens with zero attached hydrogens (tertiary/aromatic N) is 1. The molecule has 4 heteroatoms. The van der Waals surface area contributed by atoms with Crippen LogP contribution < -0.4 is 15.0 Å². The normalized spacial score (nSPS) is 16.0. The van der Waals surface area contributed by atoms with Gasteiger partial charge in [-0.15, -0.1) is 0 Å². The van der Waals surface area contributed by atoms with Crippen molar-refractivity contribution in [1.82, 2.24) is 5.32 Å². The molecular formula is C18H30N2O2. The standard InChI is InChI=1S/C18H30N2O2/c1-4-22-18-13-16(14-19-9-12-21-3)5-6-17(18)20-10-7-15(2)8-11-20/h5-6,13,15,19H,4,7-12,14H2,1-3H3. The third-order valence-corrected chi connectivity index (χ3v) is 4.26. The van der Waals surface area contributed by atoms with Gasteiger partial charge in [-0.2, -0.15) is 0 Å². The molecule has 1 aromatic carbocycles. The van der Waals surface area contributed by atoms with Gasteiger partial charge in [-0.3, -0.25) is 0 Å². The Kier molecular flexibility index (Phi) is 7.00. The molecule has 1 aliphatic rings. The number of benzene rings is 1. The van der Waals surface area contributed by atoms with Crippen LogP contribution in [0.4, 0.5) is 5.69 Å². The van der Waals surface area contributed by atoms with E-state index in [1.165, 1.54) is 24.1 Å². The highest BCUT2D eigenvalue weighted by Crippen LogP contribution is 2.32. The van der Waals surface area contributed by atoms with Gasteiger partial charge in [0.1, 0.15) is 5.75 Å². The summed E-state index contributed by atoms with van der Waals surface area (Å²) >= 11 is 0. The van der Waals surface area contributed by atoms with E-state index in [2.05, 4.69) is 35.3 Å². The van der Waals surface area contributed by atoms with E-state index in [1.54, 1.807) is 7.11 Å². The summed E-state index contributed by atoms with van der Waals surface area (Å²) in [5, 5.41) is 3.38. The number of piperidine rings is 1. The maximum Gasteiger partial charge on any atom is 0.142 e. The molecule has 0 unspecified atom stereocenters. The number of hydrogen-bond donors (Lipinski definition) is 1. The van der Waals surface area contributed by atoms with Gasteiger partial charge in [-0.25, -0.2) is 0 Å². The van der Waals surface area contributed by atoms with Crippen molar-refractivity contribution in [2.45, 2.75) is 33.2 Å². The predicted molar refractivity (Wildman–Crippen MR) is 91.8 cm³/mol. The molecule has 1 fully saturated rings. The van der Waals surface area contributed by atoms with Crippen molar-refractivity contribution in [3.8, 4) is 5.75 Å². The smallest absolute Gasteiger partial charge is 0.142 e. The molecule has 1 aliphatic heterocycles. The van der Waals surface area contributed by atoms with Gasteiger partial charge < -0.3 is 19.7 Å². The molecule has 22 heavy (non-hydrogen) atoms. The Morgan fingerprint density at radius 2 is 2.05 bits per heavy atom. The molecule has 1 heterocycles. The molecular weight excluding hydrogens is 276 g/mol. The molecule has 4 nitrogen and oxygen atoms in total. The van der Waals surface area contributed by atoms with Crippen LogP contribution >= 0.6 is 0 Å². The van der Waals surface area contributed by atoms with Crippen LogP contribution in [0.3, 0.4) is 0 Å². The van der Waals surface area contributed by atoms with Crippen molar-refractivity contribution in [1.29, 1.82) is 0 Å². The van der Waals surface area contributed by atoms with Crippen molar-refractivity contribution in [3.63, 3.8) is 0 Å². The van der Waals surface area contributed by atoms with Crippen LogP contribution in [-0.2, 0) is 11.3 Å². The topological polar surface area (TPSA) is 33.7 Å². The van der Waals surface area contributed by atoms with Gasteiger partial charge in [0.05, 0.1) is 18.9 Å². The van der Waals surface area contributed by atoms with Gasteiger partial charge >= 0.3 is 0 Å². The van der Waals surface area contributed by atoms with Crippen LogP contribution in [0.2, 0.25) is 0 Å². The van der Waals surface area contributed by atoms with Gasteiger partial charge in [0, 0.05) is 33.3 Å². The third-order valence-electron chi connectivity index (χ3n) is 4.26. The molecule has 0 atom stereocenters. The lowest BCUT2D eigenvalue weighted by Gasteiger charge is -2.33. The van der Waals surface area contributed by atoms with E-state index in [-0.39, 0.29) is 0 Å². The Balaban J connectivity index is 2.03. The van der Waals surface area contributed by atoms with Crippen LogP contribution in [0.1, 0.15) is 32.3 Å². The third kappa shape index (κ3) is 4.89. The second-order valence-electron chi connectivity index (χ2n) is 6.07. The van der Waals surface area contributed by atoms with Crippen LogP contribution in [0.15, 0.2) is 18.2 Å². The lowest BCUT2D eigenvalue weighted by atomic mass is 9.98. The summed E-state index contributed by atoms with van der Waals surface area (Å²) in [5.74, 6) is 1.86. The number of ether oxygens (including phenoxy) is 2. The fourth-order valence-electron chi connectivity index (χ4n) is 2.86. The van der Waals surface area contributed by atoms with Gasteiger partial charge in [0.25, 0.3) is 0 Å². The van der Waals surface area contributed by atoms with Crippen molar-refractivity contribution in [2.24, 2.45) is 5.92 Å². The number of hydrogen-bond acceptors (Lipinski definition) is 4. The highest BCUT2D eigenvalue weighted by atomic mass is 16.5. The van der Waals surface area contributed by atoms with Crippen LogP contribution in [0, 0.1) is 5.92 Å². The van der Waals surface area contributed by atoms with E-state index in [9.17, 15) is 0 Å². The molecule has 0 aliphatic carbocycles. The number of rotatable bonds is 8. The summed E-state index contributed by atoms with van der Waals surface area (Å²) in [6.07, 6.45) is 2.54. The number of anilines is 1. The summed E-state index contributed by atoms with van der Waals surface area (Å²) < 4.78 is 10.9. The van der Waals surface area contributed by atoms with Gasteiger partial charge in [0.15, 0.2) is 0 Å². The van der Waals surface area contributed by atoms with E-state index >= 15 is 0 Å². The minimum atomic E-state index is 0.706. The molecule has 0 spiro atoms. The van der Waals surface area contributed by atoms with Crippen molar-refractivity contribution < 1.29 is 9.47 Å². The first-order chi connectivity index (χ1) is 10.7. The zero-order valence-electron chi connectivity index (χ0n) is 14.2. The summed E-state index contributed by atoms with van der Waals surface area (Å²) in [6, 6.07) is 6.60. The molecule has 0 bridgehead atoms.